The maximum absolute atomic E-state index is 13.2. The first-order valence-electron chi connectivity index (χ1n) is 8.86. The van der Waals surface area contributed by atoms with Gasteiger partial charge in [0.15, 0.2) is 17.3 Å². The molecular formula is C22H27NO5. The minimum Gasteiger partial charge on any atom is -0.495 e. The molecule has 0 aliphatic rings. The van der Waals surface area contributed by atoms with Crippen molar-refractivity contribution in [2.45, 2.75) is 13.8 Å². The van der Waals surface area contributed by atoms with E-state index < -0.39 is 0 Å². The van der Waals surface area contributed by atoms with E-state index in [1.807, 2.05) is 26.0 Å². The van der Waals surface area contributed by atoms with Gasteiger partial charge in [-0.2, -0.15) is 0 Å². The quantitative estimate of drug-likeness (QED) is 0.416. The lowest BCUT2D eigenvalue weighted by Gasteiger charge is -2.16. The van der Waals surface area contributed by atoms with E-state index in [-0.39, 0.29) is 11.7 Å². The molecule has 0 aliphatic heterocycles. The van der Waals surface area contributed by atoms with Gasteiger partial charge in [-0.05, 0) is 42.3 Å². The van der Waals surface area contributed by atoms with Crippen molar-refractivity contribution in [3.63, 3.8) is 0 Å². The average Bonchev–Trinajstić information content (AvgIpc) is 2.70. The molecule has 2 aromatic rings. The summed E-state index contributed by atoms with van der Waals surface area (Å²) < 4.78 is 21.4. The number of allylic oxidation sites excluding steroid dienone is 1. The van der Waals surface area contributed by atoms with E-state index >= 15 is 0 Å². The van der Waals surface area contributed by atoms with Crippen molar-refractivity contribution in [2.24, 2.45) is 5.92 Å². The van der Waals surface area contributed by atoms with Crippen LogP contribution in [0.25, 0.3) is 6.08 Å². The molecule has 0 aliphatic carbocycles. The Morgan fingerprint density at radius 1 is 0.893 bits per heavy atom. The molecule has 0 saturated carbocycles. The monoisotopic (exact) mass is 385 g/mol. The van der Waals surface area contributed by atoms with Crippen molar-refractivity contribution in [2.75, 3.05) is 34.2 Å². The molecule has 0 atom stereocenters. The summed E-state index contributed by atoms with van der Waals surface area (Å²) in [4.78, 5) is 13.2. The van der Waals surface area contributed by atoms with Crippen LogP contribution in [0.5, 0.6) is 23.0 Å². The SMILES string of the molecule is COc1ccc(C(=O)/C(=C/c2ccc(OC)c(OC)c2OC)C(C)C)cc1N. The van der Waals surface area contributed by atoms with E-state index in [9.17, 15) is 4.79 Å². The maximum atomic E-state index is 13.2. The number of methoxy groups -OCH3 is 4. The van der Waals surface area contributed by atoms with Gasteiger partial charge in [-0.1, -0.05) is 13.8 Å². The van der Waals surface area contributed by atoms with Gasteiger partial charge in [0.05, 0.1) is 34.1 Å². The van der Waals surface area contributed by atoms with Gasteiger partial charge >= 0.3 is 0 Å². The molecule has 0 heterocycles. The normalized spacial score (nSPS) is 11.3. The van der Waals surface area contributed by atoms with Crippen molar-refractivity contribution in [3.8, 4) is 23.0 Å². The molecule has 0 saturated heterocycles. The largest absolute Gasteiger partial charge is 0.495 e. The van der Waals surface area contributed by atoms with Crippen molar-refractivity contribution in [3.05, 3.63) is 47.0 Å². The van der Waals surface area contributed by atoms with Crippen molar-refractivity contribution < 1.29 is 23.7 Å². The second kappa shape index (κ2) is 9.17. The number of benzene rings is 2. The van der Waals surface area contributed by atoms with Crippen LogP contribution in [0, 0.1) is 5.92 Å². The standard InChI is InChI=1S/C22H27NO5/c1-13(2)16(20(24)14-7-9-18(25-3)17(23)12-14)11-15-8-10-19(26-4)22(28-6)21(15)27-5/h7-13H,23H2,1-6H3/b16-11+. The van der Waals surface area contributed by atoms with Gasteiger partial charge in [-0.25, -0.2) is 0 Å². The fourth-order valence-electron chi connectivity index (χ4n) is 2.94. The van der Waals surface area contributed by atoms with Crippen molar-refractivity contribution in [1.29, 1.82) is 0 Å². The van der Waals surface area contributed by atoms with Gasteiger partial charge in [0.2, 0.25) is 5.75 Å². The number of anilines is 1. The summed E-state index contributed by atoms with van der Waals surface area (Å²) in [5.74, 6) is 1.94. The predicted molar refractivity (Wildman–Crippen MR) is 111 cm³/mol. The molecule has 6 nitrogen and oxygen atoms in total. The van der Waals surface area contributed by atoms with Crippen LogP contribution < -0.4 is 24.7 Å². The summed E-state index contributed by atoms with van der Waals surface area (Å²) >= 11 is 0. The number of hydrogen-bond acceptors (Lipinski definition) is 6. The fourth-order valence-corrected chi connectivity index (χ4v) is 2.94. The molecule has 6 heteroatoms. The smallest absolute Gasteiger partial charge is 0.203 e. The van der Waals surface area contributed by atoms with Crippen molar-refractivity contribution >= 4 is 17.5 Å². The first-order valence-corrected chi connectivity index (χ1v) is 8.86. The van der Waals surface area contributed by atoms with Crippen LogP contribution in [0.4, 0.5) is 5.69 Å². The summed E-state index contributed by atoms with van der Waals surface area (Å²) in [6, 6.07) is 8.64. The predicted octanol–water partition coefficient (Wildman–Crippen LogP) is 4.23. The zero-order valence-electron chi connectivity index (χ0n) is 17.2. The Morgan fingerprint density at radius 2 is 1.50 bits per heavy atom. The Balaban J connectivity index is 2.56. The average molecular weight is 385 g/mol. The molecule has 0 unspecified atom stereocenters. The minimum atomic E-state index is -0.110. The molecule has 0 radical (unpaired) electrons. The Morgan fingerprint density at radius 3 is 2.00 bits per heavy atom. The number of nitrogen functional groups attached to an aromatic ring is 1. The van der Waals surface area contributed by atoms with Crippen LogP contribution in [-0.4, -0.2) is 34.2 Å². The minimum absolute atomic E-state index is 0.0198. The van der Waals surface area contributed by atoms with E-state index in [4.69, 9.17) is 24.7 Å². The highest BCUT2D eigenvalue weighted by Crippen LogP contribution is 2.41. The molecular weight excluding hydrogens is 358 g/mol. The Kier molecular flexibility index (Phi) is 6.93. The summed E-state index contributed by atoms with van der Waals surface area (Å²) in [6.45, 7) is 3.92. The Labute approximate surface area is 165 Å². The molecule has 0 spiro atoms. The van der Waals surface area contributed by atoms with Crippen LogP contribution in [0.2, 0.25) is 0 Å². The lowest BCUT2D eigenvalue weighted by atomic mass is 9.92. The maximum Gasteiger partial charge on any atom is 0.203 e. The van der Waals surface area contributed by atoms with Gasteiger partial charge in [-0.3, -0.25) is 4.79 Å². The van der Waals surface area contributed by atoms with E-state index in [0.29, 0.717) is 39.8 Å². The number of ketones is 1. The Bertz CT molecular complexity index is 887. The molecule has 2 N–H and O–H groups in total. The van der Waals surface area contributed by atoms with Gasteiger partial charge in [0.25, 0.3) is 0 Å². The van der Waals surface area contributed by atoms with Crippen LogP contribution in [-0.2, 0) is 0 Å². The van der Waals surface area contributed by atoms with Crippen molar-refractivity contribution in [1.82, 2.24) is 0 Å². The van der Waals surface area contributed by atoms with Crippen LogP contribution in [0.1, 0.15) is 29.8 Å². The first-order chi connectivity index (χ1) is 13.4. The molecule has 0 aromatic heterocycles. The highest BCUT2D eigenvalue weighted by atomic mass is 16.5. The molecule has 0 fully saturated rings. The van der Waals surface area contributed by atoms with Gasteiger partial charge in [0.1, 0.15) is 5.75 Å². The summed E-state index contributed by atoms with van der Waals surface area (Å²) in [5.41, 5.74) is 8.22. The molecule has 150 valence electrons. The lowest BCUT2D eigenvalue weighted by molar-refractivity contribution is 0.102. The Hall–Kier alpha value is -3.15. The van der Waals surface area contributed by atoms with E-state index in [0.717, 1.165) is 5.56 Å². The highest BCUT2D eigenvalue weighted by Gasteiger charge is 2.20. The number of hydrogen-bond donors (Lipinski definition) is 1. The van der Waals surface area contributed by atoms with Gasteiger partial charge in [-0.15, -0.1) is 0 Å². The lowest BCUT2D eigenvalue weighted by Crippen LogP contribution is -2.10. The third-order valence-corrected chi connectivity index (χ3v) is 4.42. The summed E-state index contributed by atoms with van der Waals surface area (Å²) in [5, 5.41) is 0. The number of carbonyl (C=O) groups is 1. The van der Waals surface area contributed by atoms with E-state index in [2.05, 4.69) is 0 Å². The number of ether oxygens (including phenoxy) is 4. The highest BCUT2D eigenvalue weighted by molar-refractivity contribution is 6.12. The molecule has 2 rings (SSSR count). The van der Waals surface area contributed by atoms with E-state index in [1.165, 1.54) is 7.11 Å². The third-order valence-electron chi connectivity index (χ3n) is 4.42. The fraction of sp³-hybridized carbons (Fsp3) is 0.318. The molecule has 0 bridgehead atoms. The molecule has 0 amide bonds. The third kappa shape index (κ3) is 4.22. The van der Waals surface area contributed by atoms with Gasteiger partial charge in [0, 0.05) is 16.7 Å². The second-order valence-corrected chi connectivity index (χ2v) is 6.46. The first kappa shape index (κ1) is 21.2. The van der Waals surface area contributed by atoms with Crippen LogP contribution >= 0.6 is 0 Å². The number of rotatable bonds is 8. The van der Waals surface area contributed by atoms with Crippen LogP contribution in [0.3, 0.4) is 0 Å². The second-order valence-electron chi connectivity index (χ2n) is 6.46. The number of carbonyl (C=O) groups excluding carboxylic acids is 1. The van der Waals surface area contributed by atoms with Crippen LogP contribution in [0.15, 0.2) is 35.9 Å². The zero-order chi connectivity index (χ0) is 20.8. The molecule has 2 aromatic carbocycles. The van der Waals surface area contributed by atoms with E-state index in [1.54, 1.807) is 45.6 Å². The summed E-state index contributed by atoms with van der Waals surface area (Å²) in [6.07, 6.45) is 1.81. The topological polar surface area (TPSA) is 80.0 Å². The number of nitrogens with two attached hydrogens (primary N) is 1. The van der Waals surface area contributed by atoms with Gasteiger partial charge < -0.3 is 24.7 Å². The summed E-state index contributed by atoms with van der Waals surface area (Å²) in [7, 11) is 6.19. The molecule has 28 heavy (non-hydrogen) atoms. The zero-order valence-corrected chi connectivity index (χ0v) is 17.2. The number of Topliss-reactive ketones (excluding diaryl/α,β-unsaturated/α-hetero) is 1.